The van der Waals surface area contributed by atoms with Crippen molar-refractivity contribution in [1.82, 2.24) is 15.5 Å². The van der Waals surface area contributed by atoms with Gasteiger partial charge in [-0.3, -0.25) is 9.89 Å². The molecule has 2 fully saturated rings. The molecule has 0 bridgehead atoms. The Labute approximate surface area is 177 Å². The van der Waals surface area contributed by atoms with Gasteiger partial charge in [0.1, 0.15) is 0 Å². The van der Waals surface area contributed by atoms with Crippen molar-refractivity contribution in [3.8, 4) is 0 Å². The molecule has 7 nitrogen and oxygen atoms in total. The zero-order valence-electron chi connectivity index (χ0n) is 19.3. The van der Waals surface area contributed by atoms with Crippen LogP contribution in [0.15, 0.2) is 4.99 Å². The van der Waals surface area contributed by atoms with E-state index in [1.165, 1.54) is 0 Å². The number of nitrogens with zero attached hydrogens (tertiary/aromatic N) is 2. The van der Waals surface area contributed by atoms with Crippen LogP contribution >= 0.6 is 0 Å². The minimum absolute atomic E-state index is 0.00146. The fourth-order valence-electron chi connectivity index (χ4n) is 3.93. The molecule has 2 aliphatic heterocycles. The number of hydrogen-bond acceptors (Lipinski definition) is 5. The zero-order valence-corrected chi connectivity index (χ0v) is 19.3. The number of aliphatic imine (C=N–C) groups is 1. The molecule has 7 heteroatoms. The van der Waals surface area contributed by atoms with E-state index in [2.05, 4.69) is 50.2 Å². The Hall–Kier alpha value is -0.890. The fourth-order valence-corrected chi connectivity index (χ4v) is 3.93. The van der Waals surface area contributed by atoms with E-state index in [9.17, 15) is 0 Å². The van der Waals surface area contributed by atoms with E-state index in [1.807, 2.05) is 0 Å². The first-order valence-electron chi connectivity index (χ1n) is 11.5. The van der Waals surface area contributed by atoms with Gasteiger partial charge in [-0.1, -0.05) is 0 Å². The van der Waals surface area contributed by atoms with Crippen LogP contribution in [0.4, 0.5) is 0 Å². The number of morpholine rings is 1. The van der Waals surface area contributed by atoms with Gasteiger partial charge in [0.25, 0.3) is 0 Å². The van der Waals surface area contributed by atoms with E-state index in [4.69, 9.17) is 19.2 Å². The first-order valence-corrected chi connectivity index (χ1v) is 11.5. The molecule has 0 aliphatic carbocycles. The molecular formula is C22H44N4O3. The Morgan fingerprint density at radius 1 is 1.14 bits per heavy atom. The predicted octanol–water partition coefficient (Wildman–Crippen LogP) is 2.26. The molecule has 2 aliphatic rings. The van der Waals surface area contributed by atoms with Crippen molar-refractivity contribution in [2.75, 3.05) is 59.2 Å². The molecule has 2 atom stereocenters. The van der Waals surface area contributed by atoms with Crippen molar-refractivity contribution in [1.29, 1.82) is 0 Å². The Morgan fingerprint density at radius 3 is 2.48 bits per heavy atom. The van der Waals surface area contributed by atoms with Crippen molar-refractivity contribution in [3.05, 3.63) is 0 Å². The zero-order chi connectivity index (χ0) is 21.1. The van der Waals surface area contributed by atoms with E-state index in [0.717, 1.165) is 84.4 Å². The number of rotatable bonds is 10. The normalized spacial score (nSPS) is 25.2. The monoisotopic (exact) mass is 412 g/mol. The first kappa shape index (κ1) is 24.4. The molecule has 0 spiro atoms. The average Bonchev–Trinajstić information content (AvgIpc) is 2.68. The minimum Gasteiger partial charge on any atom is -0.381 e. The number of guanidine groups is 1. The van der Waals surface area contributed by atoms with E-state index < -0.39 is 0 Å². The van der Waals surface area contributed by atoms with E-state index in [1.54, 1.807) is 0 Å². The molecule has 29 heavy (non-hydrogen) atoms. The highest BCUT2D eigenvalue weighted by Crippen LogP contribution is 2.21. The quantitative estimate of drug-likeness (QED) is 0.326. The van der Waals surface area contributed by atoms with Gasteiger partial charge in [-0.2, -0.15) is 0 Å². The maximum atomic E-state index is 5.88. The second-order valence-corrected chi connectivity index (χ2v) is 9.08. The average molecular weight is 413 g/mol. The molecule has 2 saturated heterocycles. The summed E-state index contributed by atoms with van der Waals surface area (Å²) in [4.78, 5) is 7.36. The minimum atomic E-state index is 0.00146. The van der Waals surface area contributed by atoms with E-state index in [-0.39, 0.29) is 17.7 Å². The predicted molar refractivity (Wildman–Crippen MR) is 119 cm³/mol. The molecule has 0 aromatic carbocycles. The summed E-state index contributed by atoms with van der Waals surface area (Å²) in [6.07, 6.45) is 3.79. The Kier molecular flexibility index (Phi) is 10.7. The van der Waals surface area contributed by atoms with Crippen LogP contribution in [-0.2, 0) is 14.2 Å². The lowest BCUT2D eigenvalue weighted by atomic mass is 10.0. The maximum absolute atomic E-state index is 5.88. The summed E-state index contributed by atoms with van der Waals surface area (Å²) in [7, 11) is 0. The van der Waals surface area contributed by atoms with Gasteiger partial charge in [0.05, 0.1) is 18.8 Å². The number of hydrogen-bond donors (Lipinski definition) is 2. The second kappa shape index (κ2) is 12.7. The summed E-state index contributed by atoms with van der Waals surface area (Å²) in [6, 6.07) is 0. The van der Waals surface area contributed by atoms with Crippen LogP contribution in [0, 0.1) is 5.92 Å². The number of ether oxygens (including phenoxy) is 3. The van der Waals surface area contributed by atoms with Crippen LogP contribution in [-0.4, -0.2) is 87.8 Å². The Bertz CT molecular complexity index is 471. The SMILES string of the molecule is CCNC(=NCC(C)(C)N1CC(C)OC(C)C1)NCCCOCC1CCOCC1. The van der Waals surface area contributed by atoms with Crippen molar-refractivity contribution in [2.24, 2.45) is 10.9 Å². The summed E-state index contributed by atoms with van der Waals surface area (Å²) in [5, 5.41) is 6.81. The Balaban J connectivity index is 1.69. The van der Waals surface area contributed by atoms with Gasteiger partial charge in [0.15, 0.2) is 5.96 Å². The van der Waals surface area contributed by atoms with Crippen molar-refractivity contribution in [3.63, 3.8) is 0 Å². The van der Waals surface area contributed by atoms with Gasteiger partial charge in [-0.25, -0.2) is 0 Å². The standard InChI is InChI=1S/C22H44N4O3/c1-6-23-21(24-10-7-11-28-16-20-8-12-27-13-9-20)25-17-22(4,5)26-14-18(2)29-19(3)15-26/h18-20H,6-17H2,1-5H3,(H2,23,24,25). The Morgan fingerprint density at radius 2 is 1.83 bits per heavy atom. The van der Waals surface area contributed by atoms with Gasteiger partial charge in [0, 0.05) is 58.1 Å². The summed E-state index contributed by atoms with van der Waals surface area (Å²) in [5.41, 5.74) is 0.00146. The van der Waals surface area contributed by atoms with Crippen LogP contribution in [0.3, 0.4) is 0 Å². The summed E-state index contributed by atoms with van der Waals surface area (Å²) >= 11 is 0. The fraction of sp³-hybridized carbons (Fsp3) is 0.955. The van der Waals surface area contributed by atoms with Crippen molar-refractivity contribution in [2.45, 2.75) is 71.6 Å². The molecule has 0 amide bonds. The molecule has 0 saturated carbocycles. The molecule has 170 valence electrons. The van der Waals surface area contributed by atoms with Gasteiger partial charge < -0.3 is 24.8 Å². The lowest BCUT2D eigenvalue weighted by Gasteiger charge is -2.44. The summed E-state index contributed by atoms with van der Waals surface area (Å²) in [5.74, 6) is 1.56. The number of nitrogens with one attached hydrogen (secondary N) is 2. The third kappa shape index (κ3) is 9.20. The smallest absolute Gasteiger partial charge is 0.191 e. The topological polar surface area (TPSA) is 67.4 Å². The van der Waals surface area contributed by atoms with Gasteiger partial charge in [-0.15, -0.1) is 0 Å². The lowest BCUT2D eigenvalue weighted by Crippen LogP contribution is -2.56. The highest BCUT2D eigenvalue weighted by atomic mass is 16.5. The summed E-state index contributed by atoms with van der Waals surface area (Å²) in [6.45, 7) is 18.8. The third-order valence-electron chi connectivity index (χ3n) is 5.70. The van der Waals surface area contributed by atoms with E-state index >= 15 is 0 Å². The molecule has 0 aromatic heterocycles. The van der Waals surface area contributed by atoms with Gasteiger partial charge in [0.2, 0.25) is 0 Å². The highest BCUT2D eigenvalue weighted by molar-refractivity contribution is 5.79. The molecular weight excluding hydrogens is 368 g/mol. The van der Waals surface area contributed by atoms with Crippen LogP contribution in [0.5, 0.6) is 0 Å². The van der Waals surface area contributed by atoms with Gasteiger partial charge in [-0.05, 0) is 59.8 Å². The van der Waals surface area contributed by atoms with Crippen LogP contribution in [0.2, 0.25) is 0 Å². The maximum Gasteiger partial charge on any atom is 0.191 e. The molecule has 2 heterocycles. The summed E-state index contributed by atoms with van der Waals surface area (Å²) < 4.78 is 17.1. The largest absolute Gasteiger partial charge is 0.381 e. The molecule has 0 radical (unpaired) electrons. The third-order valence-corrected chi connectivity index (χ3v) is 5.70. The molecule has 2 unspecified atom stereocenters. The van der Waals surface area contributed by atoms with Crippen LogP contribution in [0.25, 0.3) is 0 Å². The molecule has 2 rings (SSSR count). The van der Waals surface area contributed by atoms with Crippen LogP contribution in [0.1, 0.15) is 53.9 Å². The van der Waals surface area contributed by atoms with Gasteiger partial charge >= 0.3 is 0 Å². The van der Waals surface area contributed by atoms with E-state index in [0.29, 0.717) is 5.92 Å². The lowest BCUT2D eigenvalue weighted by molar-refractivity contribution is -0.0939. The van der Waals surface area contributed by atoms with Crippen LogP contribution < -0.4 is 10.6 Å². The second-order valence-electron chi connectivity index (χ2n) is 9.08. The van der Waals surface area contributed by atoms with Crippen molar-refractivity contribution >= 4 is 5.96 Å². The first-order chi connectivity index (χ1) is 13.9. The molecule has 2 N–H and O–H groups in total. The van der Waals surface area contributed by atoms with Crippen molar-refractivity contribution < 1.29 is 14.2 Å². The molecule has 0 aromatic rings. The highest BCUT2D eigenvalue weighted by Gasteiger charge is 2.33.